The molecule has 3 aromatic rings. The van der Waals surface area contributed by atoms with E-state index in [1.165, 1.54) is 10.6 Å². The van der Waals surface area contributed by atoms with E-state index >= 15 is 0 Å². The highest BCUT2D eigenvalue weighted by atomic mass is 35.5. The van der Waals surface area contributed by atoms with Gasteiger partial charge in [-0.15, -0.1) is 0 Å². The van der Waals surface area contributed by atoms with Gasteiger partial charge in [0.05, 0.1) is 19.8 Å². The molecule has 2 heterocycles. The third-order valence-electron chi connectivity index (χ3n) is 5.74. The summed E-state index contributed by atoms with van der Waals surface area (Å²) in [7, 11) is 4.75. The van der Waals surface area contributed by atoms with Gasteiger partial charge >= 0.3 is 0 Å². The lowest BCUT2D eigenvalue weighted by Gasteiger charge is -2.35. The molecule has 0 fully saturated rings. The van der Waals surface area contributed by atoms with E-state index in [2.05, 4.69) is 0 Å². The summed E-state index contributed by atoms with van der Waals surface area (Å²) in [6.07, 6.45) is 0. The third kappa shape index (κ3) is 3.79. The van der Waals surface area contributed by atoms with Gasteiger partial charge in [0.25, 0.3) is 11.5 Å². The highest BCUT2D eigenvalue weighted by molar-refractivity contribution is 6.33. The van der Waals surface area contributed by atoms with Crippen molar-refractivity contribution in [3.8, 4) is 11.5 Å². The summed E-state index contributed by atoms with van der Waals surface area (Å²) in [6, 6.07) is 16.9. The molecule has 31 heavy (non-hydrogen) atoms. The minimum atomic E-state index is -0.234. The molecule has 0 spiro atoms. The summed E-state index contributed by atoms with van der Waals surface area (Å²) >= 11 is 6.50. The maximum Gasteiger partial charge on any atom is 0.257 e. The van der Waals surface area contributed by atoms with E-state index in [1.807, 2.05) is 42.5 Å². The van der Waals surface area contributed by atoms with Crippen LogP contribution < -0.4 is 15.0 Å². The van der Waals surface area contributed by atoms with Gasteiger partial charge in [0.1, 0.15) is 16.7 Å². The number of methoxy groups -OCH3 is 2. The molecule has 6 nitrogen and oxygen atoms in total. The molecule has 7 heteroatoms. The highest BCUT2D eigenvalue weighted by Gasteiger charge is 2.35. The van der Waals surface area contributed by atoms with Crippen LogP contribution in [0.15, 0.2) is 59.4 Å². The summed E-state index contributed by atoms with van der Waals surface area (Å²) in [5.74, 6) is 0.946. The molecular formula is C24H23ClN2O4. The smallest absolute Gasteiger partial charge is 0.257 e. The summed E-state index contributed by atoms with van der Waals surface area (Å²) < 4.78 is 12.1. The van der Waals surface area contributed by atoms with Crippen LogP contribution in [0, 0.1) is 0 Å². The van der Waals surface area contributed by atoms with Gasteiger partial charge in [-0.05, 0) is 23.3 Å². The minimum absolute atomic E-state index is 0.153. The molecule has 0 aliphatic carbocycles. The number of fused-ring (bicyclic) bond motifs is 1. The van der Waals surface area contributed by atoms with E-state index < -0.39 is 0 Å². The number of carbonyl (C=O) groups excluding carboxylic acids is 1. The van der Waals surface area contributed by atoms with Crippen molar-refractivity contribution >= 4 is 17.5 Å². The number of benzene rings is 2. The Balaban J connectivity index is 1.81. The number of rotatable bonds is 5. The number of ether oxygens (including phenoxy) is 2. The SMILES string of the molecule is COc1ccc(CN2CC(c3ccccc3)c3cc(=O)n(C)c(Cl)c3C2=O)c(OC)c1. The van der Waals surface area contributed by atoms with Crippen molar-refractivity contribution in [1.82, 2.24) is 9.47 Å². The van der Waals surface area contributed by atoms with Crippen molar-refractivity contribution in [3.05, 3.63) is 92.4 Å². The van der Waals surface area contributed by atoms with E-state index in [4.69, 9.17) is 21.1 Å². The van der Waals surface area contributed by atoms with Crippen LogP contribution in [0.2, 0.25) is 5.15 Å². The Hall–Kier alpha value is -3.25. The first-order valence-electron chi connectivity index (χ1n) is 9.89. The van der Waals surface area contributed by atoms with Crippen LogP contribution in [0.25, 0.3) is 0 Å². The normalized spacial score (nSPS) is 15.5. The van der Waals surface area contributed by atoms with Crippen LogP contribution in [-0.2, 0) is 13.6 Å². The molecule has 1 aliphatic rings. The van der Waals surface area contributed by atoms with Crippen LogP contribution in [0.1, 0.15) is 33.0 Å². The number of nitrogens with zero attached hydrogens (tertiary/aromatic N) is 2. The zero-order valence-corrected chi connectivity index (χ0v) is 18.3. The lowest BCUT2D eigenvalue weighted by atomic mass is 9.85. The molecule has 1 atom stereocenters. The van der Waals surface area contributed by atoms with Crippen molar-refractivity contribution < 1.29 is 14.3 Å². The van der Waals surface area contributed by atoms with Gasteiger partial charge < -0.3 is 18.9 Å². The van der Waals surface area contributed by atoms with Crippen LogP contribution in [0.4, 0.5) is 0 Å². The Bertz CT molecular complexity index is 1190. The van der Waals surface area contributed by atoms with E-state index in [1.54, 1.807) is 32.2 Å². The van der Waals surface area contributed by atoms with Crippen molar-refractivity contribution in [1.29, 1.82) is 0 Å². The largest absolute Gasteiger partial charge is 0.497 e. The number of pyridine rings is 1. The average molecular weight is 439 g/mol. The first-order chi connectivity index (χ1) is 14.9. The van der Waals surface area contributed by atoms with Crippen molar-refractivity contribution in [2.45, 2.75) is 12.5 Å². The fraction of sp³-hybridized carbons (Fsp3) is 0.250. The molecule has 1 aliphatic heterocycles. The zero-order chi connectivity index (χ0) is 22.1. The number of carbonyl (C=O) groups is 1. The molecule has 0 saturated heterocycles. The molecule has 0 N–H and O–H groups in total. The van der Waals surface area contributed by atoms with Crippen LogP contribution in [-0.4, -0.2) is 36.1 Å². The highest BCUT2D eigenvalue weighted by Crippen LogP contribution is 2.37. The van der Waals surface area contributed by atoms with Gasteiger partial charge in [0.15, 0.2) is 0 Å². The number of aromatic nitrogens is 1. The van der Waals surface area contributed by atoms with Crippen molar-refractivity contribution in [3.63, 3.8) is 0 Å². The van der Waals surface area contributed by atoms with E-state index in [0.29, 0.717) is 35.7 Å². The van der Waals surface area contributed by atoms with Crippen molar-refractivity contribution in [2.24, 2.45) is 7.05 Å². The van der Waals surface area contributed by atoms with E-state index in [-0.39, 0.29) is 22.5 Å². The van der Waals surface area contributed by atoms with Gasteiger partial charge in [-0.25, -0.2) is 0 Å². The number of hydrogen-bond donors (Lipinski definition) is 0. The molecule has 1 unspecified atom stereocenters. The summed E-state index contributed by atoms with van der Waals surface area (Å²) in [4.78, 5) is 27.7. The molecule has 4 rings (SSSR count). The Morgan fingerprint density at radius 2 is 1.77 bits per heavy atom. The number of halogens is 1. The van der Waals surface area contributed by atoms with Crippen LogP contribution in [0.3, 0.4) is 0 Å². The maximum atomic E-state index is 13.5. The molecule has 1 amide bonds. The number of hydrogen-bond acceptors (Lipinski definition) is 4. The summed E-state index contributed by atoms with van der Waals surface area (Å²) in [6.45, 7) is 0.766. The minimum Gasteiger partial charge on any atom is -0.497 e. The summed E-state index contributed by atoms with van der Waals surface area (Å²) in [5, 5.41) is 0.153. The fourth-order valence-electron chi connectivity index (χ4n) is 4.03. The molecule has 2 aromatic carbocycles. The Kier molecular flexibility index (Phi) is 5.74. The van der Waals surface area contributed by atoms with Crippen molar-refractivity contribution in [2.75, 3.05) is 20.8 Å². The first-order valence-corrected chi connectivity index (χ1v) is 10.3. The average Bonchev–Trinajstić information content (AvgIpc) is 2.79. The Morgan fingerprint density at radius 1 is 1.03 bits per heavy atom. The molecule has 160 valence electrons. The standard InChI is InChI=1S/C24H23ClN2O4/c1-26-21(28)12-18-19(15-7-5-4-6-8-15)14-27(24(29)22(18)23(26)25)13-16-9-10-17(30-2)11-20(16)31-3/h4-12,19H,13-14H2,1-3H3. The quantitative estimate of drug-likeness (QED) is 0.568. The predicted molar refractivity (Wildman–Crippen MR) is 119 cm³/mol. The first kappa shape index (κ1) is 21.0. The van der Waals surface area contributed by atoms with E-state index in [9.17, 15) is 9.59 Å². The van der Waals surface area contributed by atoms with Gasteiger partial charge in [0.2, 0.25) is 0 Å². The van der Waals surface area contributed by atoms with Crippen LogP contribution in [0.5, 0.6) is 11.5 Å². The molecule has 0 saturated carbocycles. The Morgan fingerprint density at radius 3 is 2.45 bits per heavy atom. The maximum absolute atomic E-state index is 13.5. The second-order valence-electron chi connectivity index (χ2n) is 7.49. The lowest BCUT2D eigenvalue weighted by molar-refractivity contribution is 0.0714. The molecular weight excluding hydrogens is 416 g/mol. The zero-order valence-electron chi connectivity index (χ0n) is 17.6. The topological polar surface area (TPSA) is 60.8 Å². The fourth-order valence-corrected chi connectivity index (χ4v) is 4.30. The van der Waals surface area contributed by atoms with Gasteiger partial charge in [-0.2, -0.15) is 0 Å². The lowest BCUT2D eigenvalue weighted by Crippen LogP contribution is -2.41. The third-order valence-corrected chi connectivity index (χ3v) is 6.18. The monoisotopic (exact) mass is 438 g/mol. The predicted octanol–water partition coefficient (Wildman–Crippen LogP) is 3.84. The van der Waals surface area contributed by atoms with Gasteiger partial charge in [-0.1, -0.05) is 41.9 Å². The second-order valence-corrected chi connectivity index (χ2v) is 7.85. The molecule has 1 aromatic heterocycles. The number of amides is 1. The van der Waals surface area contributed by atoms with Crippen LogP contribution >= 0.6 is 11.6 Å². The van der Waals surface area contributed by atoms with E-state index in [0.717, 1.165) is 11.1 Å². The van der Waals surface area contributed by atoms with Gasteiger partial charge in [-0.3, -0.25) is 9.59 Å². The Labute approximate surface area is 185 Å². The molecule has 0 bridgehead atoms. The second kappa shape index (κ2) is 8.47. The van der Waals surface area contributed by atoms with Gasteiger partial charge in [0, 0.05) is 43.8 Å². The molecule has 0 radical (unpaired) electrons. The summed E-state index contributed by atoms with van der Waals surface area (Å²) in [5.41, 5.74) is 2.68.